The minimum atomic E-state index is -0.0738. The van der Waals surface area contributed by atoms with Gasteiger partial charge in [-0.3, -0.25) is 4.98 Å². The lowest BCUT2D eigenvalue weighted by Gasteiger charge is -2.24. The minimum Gasteiger partial charge on any atom is -0.330 e. The van der Waals surface area contributed by atoms with E-state index in [1.807, 2.05) is 0 Å². The van der Waals surface area contributed by atoms with Gasteiger partial charge in [0.05, 0.1) is 11.2 Å². The Morgan fingerprint density at radius 3 is 2.33 bits per heavy atom. The Balaban J connectivity index is 2.76. The largest absolute Gasteiger partial charge is 0.330 e. The van der Waals surface area contributed by atoms with E-state index in [0.29, 0.717) is 6.54 Å². The van der Waals surface area contributed by atoms with Crippen LogP contribution in [-0.4, -0.2) is 11.5 Å². The molecule has 2 N–H and O–H groups in total. The summed E-state index contributed by atoms with van der Waals surface area (Å²) in [5.41, 5.74) is 11.8. The van der Waals surface area contributed by atoms with E-state index in [4.69, 9.17) is 10.7 Å². The third-order valence-electron chi connectivity index (χ3n) is 3.59. The number of fused-ring (bicyclic) bond motifs is 1. The molecule has 0 fully saturated rings. The minimum absolute atomic E-state index is 0.0738. The van der Waals surface area contributed by atoms with Gasteiger partial charge in [0.15, 0.2) is 0 Å². The van der Waals surface area contributed by atoms with Gasteiger partial charge in [-0.15, -0.1) is 0 Å². The molecule has 0 aliphatic carbocycles. The molecular formula is C16H22N2. The maximum atomic E-state index is 5.87. The Morgan fingerprint density at radius 2 is 1.72 bits per heavy atom. The van der Waals surface area contributed by atoms with Crippen LogP contribution in [0.1, 0.15) is 36.2 Å². The summed E-state index contributed by atoms with van der Waals surface area (Å²) in [6, 6.07) is 6.61. The van der Waals surface area contributed by atoms with Gasteiger partial charge >= 0.3 is 0 Å². The number of benzene rings is 1. The van der Waals surface area contributed by atoms with Gasteiger partial charge in [0.2, 0.25) is 0 Å². The fourth-order valence-corrected chi connectivity index (χ4v) is 2.54. The maximum Gasteiger partial charge on any atom is 0.0735 e. The first-order valence-electron chi connectivity index (χ1n) is 6.44. The number of aromatic nitrogens is 1. The predicted molar refractivity (Wildman–Crippen MR) is 78.0 cm³/mol. The summed E-state index contributed by atoms with van der Waals surface area (Å²) in [6.07, 6.45) is 0. The molecule has 0 aliphatic rings. The van der Waals surface area contributed by atoms with E-state index in [0.717, 1.165) is 11.2 Å². The molecule has 0 unspecified atom stereocenters. The molecule has 0 saturated carbocycles. The van der Waals surface area contributed by atoms with E-state index in [1.165, 1.54) is 22.1 Å². The summed E-state index contributed by atoms with van der Waals surface area (Å²) in [7, 11) is 0. The predicted octanol–water partition coefficient (Wildman–Crippen LogP) is 3.40. The van der Waals surface area contributed by atoms with Crippen molar-refractivity contribution in [2.75, 3.05) is 6.54 Å². The molecule has 2 heteroatoms. The van der Waals surface area contributed by atoms with E-state index in [1.54, 1.807) is 0 Å². The summed E-state index contributed by atoms with van der Waals surface area (Å²) < 4.78 is 0. The average molecular weight is 242 g/mol. The van der Waals surface area contributed by atoms with Crippen LogP contribution in [0.15, 0.2) is 18.2 Å². The molecule has 0 radical (unpaired) electrons. The monoisotopic (exact) mass is 242 g/mol. The van der Waals surface area contributed by atoms with Gasteiger partial charge in [-0.05, 0) is 44.0 Å². The Bertz CT molecular complexity index is 598. The molecule has 0 saturated heterocycles. The zero-order valence-corrected chi connectivity index (χ0v) is 12.0. The second-order valence-electron chi connectivity index (χ2n) is 5.90. The van der Waals surface area contributed by atoms with Gasteiger partial charge in [0.25, 0.3) is 0 Å². The lowest BCUT2D eigenvalue weighted by molar-refractivity contribution is 0.520. The molecule has 1 aromatic carbocycles. The number of rotatable bonds is 2. The Hall–Kier alpha value is -1.41. The van der Waals surface area contributed by atoms with Crippen molar-refractivity contribution in [3.05, 3.63) is 40.6 Å². The van der Waals surface area contributed by atoms with Gasteiger partial charge in [-0.25, -0.2) is 0 Å². The molecule has 2 aromatic rings. The van der Waals surface area contributed by atoms with E-state index < -0.39 is 0 Å². The maximum absolute atomic E-state index is 5.87. The van der Waals surface area contributed by atoms with E-state index >= 15 is 0 Å². The van der Waals surface area contributed by atoms with E-state index in [2.05, 4.69) is 52.8 Å². The Kier molecular flexibility index (Phi) is 3.16. The van der Waals surface area contributed by atoms with Crippen molar-refractivity contribution < 1.29 is 0 Å². The van der Waals surface area contributed by atoms with Crippen molar-refractivity contribution in [1.82, 2.24) is 4.98 Å². The summed E-state index contributed by atoms with van der Waals surface area (Å²) >= 11 is 0. The van der Waals surface area contributed by atoms with Crippen molar-refractivity contribution in [1.29, 1.82) is 0 Å². The van der Waals surface area contributed by atoms with Gasteiger partial charge in [-0.2, -0.15) is 0 Å². The van der Waals surface area contributed by atoms with Crippen molar-refractivity contribution in [2.24, 2.45) is 5.73 Å². The third kappa shape index (κ3) is 2.13. The molecule has 0 bridgehead atoms. The smallest absolute Gasteiger partial charge is 0.0735 e. The van der Waals surface area contributed by atoms with Crippen LogP contribution < -0.4 is 5.73 Å². The van der Waals surface area contributed by atoms with Crippen molar-refractivity contribution in [3.63, 3.8) is 0 Å². The molecule has 0 atom stereocenters. The second-order valence-corrected chi connectivity index (χ2v) is 5.90. The molecule has 18 heavy (non-hydrogen) atoms. The number of nitrogens with two attached hydrogens (primary N) is 1. The highest BCUT2D eigenvalue weighted by Gasteiger charge is 2.23. The fraction of sp³-hybridized carbons (Fsp3) is 0.438. The zero-order chi connectivity index (χ0) is 13.5. The Labute approximate surface area is 109 Å². The highest BCUT2D eigenvalue weighted by molar-refractivity contribution is 5.83. The number of hydrogen-bond acceptors (Lipinski definition) is 2. The van der Waals surface area contributed by atoms with Gasteiger partial charge in [0, 0.05) is 17.3 Å². The molecule has 1 aromatic heterocycles. The van der Waals surface area contributed by atoms with Crippen molar-refractivity contribution in [3.8, 4) is 0 Å². The number of nitrogens with zero attached hydrogens (tertiary/aromatic N) is 1. The fourth-order valence-electron chi connectivity index (χ4n) is 2.54. The van der Waals surface area contributed by atoms with Crippen LogP contribution in [0.2, 0.25) is 0 Å². The average Bonchev–Trinajstić information content (AvgIpc) is 2.27. The van der Waals surface area contributed by atoms with Crippen LogP contribution in [0.5, 0.6) is 0 Å². The third-order valence-corrected chi connectivity index (χ3v) is 3.59. The topological polar surface area (TPSA) is 38.9 Å². The molecule has 96 valence electrons. The van der Waals surface area contributed by atoms with E-state index in [-0.39, 0.29) is 5.41 Å². The first-order valence-corrected chi connectivity index (χ1v) is 6.44. The molecule has 0 spiro atoms. The molecular weight excluding hydrogens is 220 g/mol. The van der Waals surface area contributed by atoms with Crippen LogP contribution in [0.3, 0.4) is 0 Å². The van der Waals surface area contributed by atoms with Crippen molar-refractivity contribution in [2.45, 2.75) is 40.0 Å². The number of hydrogen-bond donors (Lipinski definition) is 1. The highest BCUT2D eigenvalue weighted by Crippen LogP contribution is 2.28. The lowest BCUT2D eigenvalue weighted by Crippen LogP contribution is -2.30. The number of pyridine rings is 1. The van der Waals surface area contributed by atoms with Crippen LogP contribution in [0.4, 0.5) is 0 Å². The van der Waals surface area contributed by atoms with Crippen molar-refractivity contribution >= 4 is 10.9 Å². The summed E-state index contributed by atoms with van der Waals surface area (Å²) in [5.74, 6) is 0. The van der Waals surface area contributed by atoms with Crippen LogP contribution in [0.25, 0.3) is 10.9 Å². The van der Waals surface area contributed by atoms with Crippen LogP contribution >= 0.6 is 0 Å². The zero-order valence-electron chi connectivity index (χ0n) is 12.0. The standard InChI is InChI=1S/C16H22N2/c1-10-6-11(2)14-13(7-10)8-12(3)15(18-14)16(4,5)9-17/h6-8H,9,17H2,1-5H3. The molecule has 0 amide bonds. The highest BCUT2D eigenvalue weighted by atomic mass is 14.8. The van der Waals surface area contributed by atoms with Gasteiger partial charge in [0.1, 0.15) is 0 Å². The first-order chi connectivity index (χ1) is 8.35. The normalized spacial score (nSPS) is 12.1. The SMILES string of the molecule is Cc1cc(C)c2nc(C(C)(C)CN)c(C)cc2c1. The molecule has 1 heterocycles. The quantitative estimate of drug-likeness (QED) is 0.876. The summed E-state index contributed by atoms with van der Waals surface area (Å²) in [4.78, 5) is 4.88. The summed E-state index contributed by atoms with van der Waals surface area (Å²) in [6.45, 7) is 11.3. The second kappa shape index (κ2) is 4.36. The van der Waals surface area contributed by atoms with Gasteiger partial charge < -0.3 is 5.73 Å². The van der Waals surface area contributed by atoms with Crippen LogP contribution in [0, 0.1) is 20.8 Å². The lowest BCUT2D eigenvalue weighted by atomic mass is 9.85. The Morgan fingerprint density at radius 1 is 1.06 bits per heavy atom. The summed E-state index contributed by atoms with van der Waals surface area (Å²) in [5, 5.41) is 1.22. The molecule has 0 aliphatic heterocycles. The first kappa shape index (κ1) is 13.0. The number of aryl methyl sites for hydroxylation is 3. The van der Waals surface area contributed by atoms with Crippen LogP contribution in [-0.2, 0) is 5.41 Å². The molecule has 2 rings (SSSR count). The van der Waals surface area contributed by atoms with Gasteiger partial charge in [-0.1, -0.05) is 25.5 Å². The molecule has 2 nitrogen and oxygen atoms in total. The van der Waals surface area contributed by atoms with E-state index in [9.17, 15) is 0 Å².